The van der Waals surface area contributed by atoms with Crippen LogP contribution in [0.15, 0.2) is 18.2 Å². The van der Waals surface area contributed by atoms with E-state index in [1.165, 1.54) is 49.7 Å². The number of benzene rings is 1. The first-order valence-electron chi connectivity index (χ1n) is 7.47. The van der Waals surface area contributed by atoms with Gasteiger partial charge in [-0.15, -0.1) is 0 Å². The van der Waals surface area contributed by atoms with Crippen molar-refractivity contribution >= 4 is 0 Å². The van der Waals surface area contributed by atoms with Crippen LogP contribution in [-0.2, 0) is 6.42 Å². The third-order valence-electron chi connectivity index (χ3n) is 4.61. The Bertz CT molecular complexity index is 383. The van der Waals surface area contributed by atoms with Crippen molar-refractivity contribution in [1.29, 1.82) is 0 Å². The SMILES string of the molecule is Cc1ccc(C)c(CC2CCCCCC2CN)c1. The zero-order valence-corrected chi connectivity index (χ0v) is 11.9. The summed E-state index contributed by atoms with van der Waals surface area (Å²) in [5.74, 6) is 1.55. The van der Waals surface area contributed by atoms with Crippen LogP contribution in [0.25, 0.3) is 0 Å². The summed E-state index contributed by atoms with van der Waals surface area (Å²) >= 11 is 0. The molecule has 0 amide bonds. The minimum Gasteiger partial charge on any atom is -0.330 e. The van der Waals surface area contributed by atoms with Gasteiger partial charge in [0.1, 0.15) is 0 Å². The van der Waals surface area contributed by atoms with Crippen LogP contribution in [0, 0.1) is 25.7 Å². The third-order valence-corrected chi connectivity index (χ3v) is 4.61. The van der Waals surface area contributed by atoms with E-state index in [0.717, 1.165) is 18.4 Å². The van der Waals surface area contributed by atoms with Crippen molar-refractivity contribution < 1.29 is 0 Å². The highest BCUT2D eigenvalue weighted by atomic mass is 14.6. The van der Waals surface area contributed by atoms with E-state index in [1.807, 2.05) is 0 Å². The normalized spacial score (nSPS) is 24.8. The predicted molar refractivity (Wildman–Crippen MR) is 78.7 cm³/mol. The van der Waals surface area contributed by atoms with E-state index < -0.39 is 0 Å². The summed E-state index contributed by atoms with van der Waals surface area (Å²) in [6.45, 7) is 5.30. The van der Waals surface area contributed by atoms with Gasteiger partial charge in [-0.3, -0.25) is 0 Å². The zero-order chi connectivity index (χ0) is 13.0. The lowest BCUT2D eigenvalue weighted by Gasteiger charge is -2.24. The Morgan fingerprint density at radius 1 is 1.06 bits per heavy atom. The summed E-state index contributed by atoms with van der Waals surface area (Å²) < 4.78 is 0. The molecule has 2 rings (SSSR count). The summed E-state index contributed by atoms with van der Waals surface area (Å²) in [6.07, 6.45) is 8.12. The molecule has 2 atom stereocenters. The predicted octanol–water partition coefficient (Wildman–Crippen LogP) is 4.00. The summed E-state index contributed by atoms with van der Waals surface area (Å²) in [5.41, 5.74) is 10.4. The minimum atomic E-state index is 0.743. The van der Waals surface area contributed by atoms with Crippen molar-refractivity contribution in [3.63, 3.8) is 0 Å². The van der Waals surface area contributed by atoms with Crippen molar-refractivity contribution in [2.45, 2.75) is 52.4 Å². The zero-order valence-electron chi connectivity index (χ0n) is 11.9. The van der Waals surface area contributed by atoms with E-state index in [1.54, 1.807) is 5.56 Å². The summed E-state index contributed by atoms with van der Waals surface area (Å²) in [6, 6.07) is 6.85. The smallest absolute Gasteiger partial charge is 0.00461 e. The average molecular weight is 245 g/mol. The van der Waals surface area contributed by atoms with Gasteiger partial charge >= 0.3 is 0 Å². The minimum absolute atomic E-state index is 0.743. The molecule has 1 aromatic rings. The maximum Gasteiger partial charge on any atom is -0.00461 e. The molecule has 1 aromatic carbocycles. The molecule has 0 radical (unpaired) electrons. The number of nitrogens with two attached hydrogens (primary N) is 1. The molecule has 0 saturated heterocycles. The topological polar surface area (TPSA) is 26.0 Å². The van der Waals surface area contributed by atoms with Gasteiger partial charge in [-0.2, -0.15) is 0 Å². The quantitative estimate of drug-likeness (QED) is 0.800. The van der Waals surface area contributed by atoms with E-state index in [2.05, 4.69) is 32.0 Å². The number of aryl methyl sites for hydroxylation is 2. The van der Waals surface area contributed by atoms with Gasteiger partial charge in [-0.25, -0.2) is 0 Å². The molecule has 0 bridgehead atoms. The molecule has 2 unspecified atom stereocenters. The van der Waals surface area contributed by atoms with Gasteiger partial charge in [0.25, 0.3) is 0 Å². The first-order valence-corrected chi connectivity index (χ1v) is 7.47. The Morgan fingerprint density at radius 2 is 1.78 bits per heavy atom. The summed E-state index contributed by atoms with van der Waals surface area (Å²) in [4.78, 5) is 0. The van der Waals surface area contributed by atoms with Crippen molar-refractivity contribution in [3.05, 3.63) is 34.9 Å². The van der Waals surface area contributed by atoms with Gasteiger partial charge in [-0.05, 0) is 62.6 Å². The molecule has 1 saturated carbocycles. The van der Waals surface area contributed by atoms with Gasteiger partial charge < -0.3 is 5.73 Å². The molecular weight excluding hydrogens is 218 g/mol. The maximum atomic E-state index is 5.98. The van der Waals surface area contributed by atoms with Gasteiger partial charge in [-0.1, -0.05) is 43.0 Å². The number of hydrogen-bond donors (Lipinski definition) is 1. The van der Waals surface area contributed by atoms with Gasteiger partial charge in [0.05, 0.1) is 0 Å². The van der Waals surface area contributed by atoms with Gasteiger partial charge in [0.2, 0.25) is 0 Å². The van der Waals surface area contributed by atoms with E-state index in [4.69, 9.17) is 5.73 Å². The van der Waals surface area contributed by atoms with Crippen molar-refractivity contribution in [1.82, 2.24) is 0 Å². The second-order valence-corrected chi connectivity index (χ2v) is 6.03. The molecule has 18 heavy (non-hydrogen) atoms. The lowest BCUT2D eigenvalue weighted by atomic mass is 9.82. The lowest BCUT2D eigenvalue weighted by molar-refractivity contribution is 0.318. The van der Waals surface area contributed by atoms with Crippen LogP contribution < -0.4 is 5.73 Å². The van der Waals surface area contributed by atoms with Crippen molar-refractivity contribution in [2.75, 3.05) is 6.54 Å². The molecular formula is C17H27N. The number of rotatable bonds is 3. The van der Waals surface area contributed by atoms with Crippen molar-refractivity contribution in [3.8, 4) is 0 Å². The second-order valence-electron chi connectivity index (χ2n) is 6.03. The molecule has 1 nitrogen and oxygen atoms in total. The highest BCUT2D eigenvalue weighted by molar-refractivity contribution is 5.30. The lowest BCUT2D eigenvalue weighted by Crippen LogP contribution is -2.24. The van der Waals surface area contributed by atoms with Crippen LogP contribution in [0.1, 0.15) is 48.8 Å². The fourth-order valence-corrected chi connectivity index (χ4v) is 3.34. The molecule has 0 aliphatic heterocycles. The van der Waals surface area contributed by atoms with E-state index in [0.29, 0.717) is 0 Å². The standard InChI is InChI=1S/C17H27N/c1-13-8-9-14(2)17(10-13)11-15-6-4-3-5-7-16(15)12-18/h8-10,15-16H,3-7,11-12,18H2,1-2H3. The average Bonchev–Trinajstić information content (AvgIpc) is 2.59. The largest absolute Gasteiger partial charge is 0.330 e. The first kappa shape index (κ1) is 13.6. The molecule has 1 heteroatoms. The molecule has 1 aliphatic rings. The van der Waals surface area contributed by atoms with E-state index >= 15 is 0 Å². The second kappa shape index (κ2) is 6.38. The third kappa shape index (κ3) is 3.35. The fourth-order valence-electron chi connectivity index (χ4n) is 3.34. The summed E-state index contributed by atoms with van der Waals surface area (Å²) in [5, 5.41) is 0. The Labute approximate surface area is 112 Å². The molecule has 0 heterocycles. The Kier molecular flexibility index (Phi) is 4.82. The van der Waals surface area contributed by atoms with Crippen LogP contribution in [0.5, 0.6) is 0 Å². The Morgan fingerprint density at radius 3 is 2.50 bits per heavy atom. The van der Waals surface area contributed by atoms with Gasteiger partial charge in [0, 0.05) is 0 Å². The molecule has 1 fully saturated rings. The van der Waals surface area contributed by atoms with Crippen LogP contribution in [0.2, 0.25) is 0 Å². The first-order chi connectivity index (χ1) is 8.70. The highest BCUT2D eigenvalue weighted by Gasteiger charge is 2.23. The fraction of sp³-hybridized carbons (Fsp3) is 0.647. The molecule has 0 aromatic heterocycles. The van der Waals surface area contributed by atoms with Gasteiger partial charge in [0.15, 0.2) is 0 Å². The van der Waals surface area contributed by atoms with E-state index in [9.17, 15) is 0 Å². The molecule has 1 aliphatic carbocycles. The summed E-state index contributed by atoms with van der Waals surface area (Å²) in [7, 11) is 0. The van der Waals surface area contributed by atoms with Crippen LogP contribution in [0.3, 0.4) is 0 Å². The maximum absolute atomic E-state index is 5.98. The van der Waals surface area contributed by atoms with Crippen molar-refractivity contribution in [2.24, 2.45) is 17.6 Å². The number of hydrogen-bond acceptors (Lipinski definition) is 1. The van der Waals surface area contributed by atoms with Crippen LogP contribution in [-0.4, -0.2) is 6.54 Å². The molecule has 0 spiro atoms. The van der Waals surface area contributed by atoms with Crippen LogP contribution in [0.4, 0.5) is 0 Å². The van der Waals surface area contributed by atoms with E-state index in [-0.39, 0.29) is 0 Å². The van der Waals surface area contributed by atoms with Crippen LogP contribution >= 0.6 is 0 Å². The molecule has 100 valence electrons. The monoisotopic (exact) mass is 245 g/mol. The Hall–Kier alpha value is -0.820. The molecule has 2 N–H and O–H groups in total. The Balaban J connectivity index is 2.12. The highest BCUT2D eigenvalue weighted by Crippen LogP contribution is 2.31.